The van der Waals surface area contributed by atoms with E-state index in [1.54, 1.807) is 19.1 Å². The molecule has 0 saturated heterocycles. The van der Waals surface area contributed by atoms with Gasteiger partial charge in [0.1, 0.15) is 11.1 Å². The summed E-state index contributed by atoms with van der Waals surface area (Å²) in [6, 6.07) is 3.15. The number of carbonyl (C=O) groups is 2. The van der Waals surface area contributed by atoms with Gasteiger partial charge in [0.25, 0.3) is 0 Å². The number of pyridine rings is 1. The Bertz CT molecular complexity index is 459. The molecule has 1 atom stereocenters. The van der Waals surface area contributed by atoms with Crippen molar-refractivity contribution in [3.8, 4) is 0 Å². The second-order valence-electron chi connectivity index (χ2n) is 3.50. The second kappa shape index (κ2) is 4.22. The number of nitrogens with zero attached hydrogens (tertiary/aromatic N) is 1. The average molecular weight is 240 g/mol. The Morgan fingerprint density at radius 1 is 1.62 bits per heavy atom. The number of ketones is 1. The monoisotopic (exact) mass is 239 g/mol. The van der Waals surface area contributed by atoms with Gasteiger partial charge in [-0.3, -0.25) is 9.59 Å². The second-order valence-corrected chi connectivity index (χ2v) is 3.89. The van der Waals surface area contributed by atoms with Crippen LogP contribution in [0.25, 0.3) is 0 Å². The first kappa shape index (κ1) is 11.1. The third kappa shape index (κ3) is 1.80. The Morgan fingerprint density at radius 2 is 2.38 bits per heavy atom. The molecular weight excluding hydrogens is 230 g/mol. The Balaban J connectivity index is 2.27. The van der Waals surface area contributed by atoms with E-state index in [1.165, 1.54) is 0 Å². The minimum Gasteiger partial charge on any atom is -0.465 e. The molecule has 1 aliphatic carbocycles. The molecule has 0 saturated carbocycles. The minimum absolute atomic E-state index is 0.224. The highest BCUT2D eigenvalue weighted by Crippen LogP contribution is 2.27. The van der Waals surface area contributed by atoms with Crippen LogP contribution in [0.1, 0.15) is 23.0 Å². The number of ether oxygens (including phenoxy) is 1. The van der Waals surface area contributed by atoms with Crippen molar-refractivity contribution >= 4 is 23.4 Å². The van der Waals surface area contributed by atoms with Crippen LogP contribution in [0.3, 0.4) is 0 Å². The lowest BCUT2D eigenvalue weighted by Gasteiger charge is -2.05. The fraction of sp³-hybridized carbons (Fsp3) is 0.364. The van der Waals surface area contributed by atoms with Crippen molar-refractivity contribution < 1.29 is 14.3 Å². The summed E-state index contributed by atoms with van der Waals surface area (Å²) in [4.78, 5) is 27.4. The first-order chi connectivity index (χ1) is 7.63. The molecule has 0 unspecified atom stereocenters. The maximum Gasteiger partial charge on any atom is 0.317 e. The maximum absolute atomic E-state index is 11.8. The van der Waals surface area contributed by atoms with Gasteiger partial charge >= 0.3 is 5.97 Å². The number of hydrogen-bond donors (Lipinski definition) is 0. The highest BCUT2D eigenvalue weighted by Gasteiger charge is 2.37. The minimum atomic E-state index is -0.749. The van der Waals surface area contributed by atoms with Crippen molar-refractivity contribution in [2.45, 2.75) is 13.3 Å². The normalized spacial score (nSPS) is 18.4. The molecule has 0 fully saturated rings. The third-order valence-electron chi connectivity index (χ3n) is 2.49. The summed E-state index contributed by atoms with van der Waals surface area (Å²) in [6.07, 6.45) is 0.285. The lowest BCUT2D eigenvalue weighted by atomic mass is 10.1. The zero-order valence-corrected chi connectivity index (χ0v) is 9.45. The molecule has 0 aromatic carbocycles. The maximum atomic E-state index is 11.8. The fourth-order valence-corrected chi connectivity index (χ4v) is 1.93. The van der Waals surface area contributed by atoms with Crippen LogP contribution >= 0.6 is 11.6 Å². The van der Waals surface area contributed by atoms with Gasteiger partial charge in [0.2, 0.25) is 0 Å². The molecular formula is C11H10ClNO3. The number of fused-ring (bicyclic) bond motifs is 1. The smallest absolute Gasteiger partial charge is 0.317 e. The van der Waals surface area contributed by atoms with Crippen LogP contribution in [-0.2, 0) is 16.0 Å². The Hall–Kier alpha value is -1.42. The van der Waals surface area contributed by atoms with Crippen LogP contribution in [0.4, 0.5) is 0 Å². The molecule has 16 heavy (non-hydrogen) atoms. The third-order valence-corrected chi connectivity index (χ3v) is 2.70. The zero-order valence-electron chi connectivity index (χ0n) is 8.70. The molecule has 0 N–H and O–H groups in total. The topological polar surface area (TPSA) is 56.3 Å². The molecule has 1 heterocycles. The molecule has 0 amide bonds. The summed E-state index contributed by atoms with van der Waals surface area (Å²) >= 11 is 5.72. The van der Waals surface area contributed by atoms with Crippen molar-refractivity contribution in [2.24, 2.45) is 5.92 Å². The Labute approximate surface area is 97.6 Å². The number of halogens is 1. The first-order valence-corrected chi connectivity index (χ1v) is 5.37. The van der Waals surface area contributed by atoms with E-state index >= 15 is 0 Å². The van der Waals surface area contributed by atoms with Gasteiger partial charge in [0.05, 0.1) is 12.3 Å². The lowest BCUT2D eigenvalue weighted by Crippen LogP contribution is -2.23. The number of esters is 1. The van der Waals surface area contributed by atoms with E-state index in [-0.39, 0.29) is 18.8 Å². The fourth-order valence-electron chi connectivity index (χ4n) is 1.76. The van der Waals surface area contributed by atoms with E-state index in [4.69, 9.17) is 16.3 Å². The number of rotatable bonds is 2. The highest BCUT2D eigenvalue weighted by atomic mass is 35.5. The van der Waals surface area contributed by atoms with E-state index in [0.29, 0.717) is 16.4 Å². The van der Waals surface area contributed by atoms with Crippen molar-refractivity contribution in [2.75, 3.05) is 6.61 Å². The SMILES string of the molecule is CCOC(=O)[C@H]1Cc2nc(Cl)ccc2C1=O. The zero-order chi connectivity index (χ0) is 11.7. The van der Waals surface area contributed by atoms with Crippen molar-refractivity contribution in [3.63, 3.8) is 0 Å². The van der Waals surface area contributed by atoms with Crippen molar-refractivity contribution in [3.05, 3.63) is 28.5 Å². The number of Topliss-reactive ketones (excluding diaryl/α,β-unsaturated/α-hetero) is 1. The molecule has 0 spiro atoms. The van der Waals surface area contributed by atoms with Crippen molar-refractivity contribution in [1.29, 1.82) is 0 Å². The lowest BCUT2D eigenvalue weighted by molar-refractivity contribution is -0.145. The quantitative estimate of drug-likeness (QED) is 0.447. The van der Waals surface area contributed by atoms with Gasteiger partial charge in [-0.2, -0.15) is 0 Å². The van der Waals surface area contributed by atoms with E-state index < -0.39 is 11.9 Å². The molecule has 4 nitrogen and oxygen atoms in total. The average Bonchev–Trinajstić information content (AvgIpc) is 2.56. The standard InChI is InChI=1S/C11H10ClNO3/c1-2-16-11(15)7-5-8-6(10(7)14)3-4-9(12)13-8/h3-4,7H,2,5H2,1H3/t7-/m0/s1. The van der Waals surface area contributed by atoms with E-state index in [2.05, 4.69) is 4.98 Å². The molecule has 84 valence electrons. The number of carbonyl (C=O) groups excluding carboxylic acids is 2. The van der Waals surface area contributed by atoms with Gasteiger partial charge in [-0.15, -0.1) is 0 Å². The molecule has 1 aliphatic rings. The molecule has 2 rings (SSSR count). The molecule has 5 heteroatoms. The van der Waals surface area contributed by atoms with Crippen LogP contribution in [-0.4, -0.2) is 23.3 Å². The van der Waals surface area contributed by atoms with Gasteiger partial charge in [0, 0.05) is 12.0 Å². The summed E-state index contributed by atoms with van der Waals surface area (Å²) < 4.78 is 4.84. The molecule has 1 aromatic rings. The number of aromatic nitrogens is 1. The van der Waals surface area contributed by atoms with Gasteiger partial charge in [-0.25, -0.2) is 4.98 Å². The van der Waals surface area contributed by atoms with Crippen molar-refractivity contribution in [1.82, 2.24) is 4.98 Å². The highest BCUT2D eigenvalue weighted by molar-refractivity contribution is 6.29. The summed E-state index contributed by atoms with van der Waals surface area (Å²) in [6.45, 7) is 1.98. The van der Waals surface area contributed by atoms with Crippen LogP contribution < -0.4 is 0 Å². The van der Waals surface area contributed by atoms with Crippen LogP contribution in [0.2, 0.25) is 5.15 Å². The molecule has 0 radical (unpaired) electrons. The molecule has 0 bridgehead atoms. The van der Waals surface area contributed by atoms with Gasteiger partial charge in [-0.05, 0) is 19.1 Å². The van der Waals surface area contributed by atoms with Crippen LogP contribution in [0.5, 0.6) is 0 Å². The summed E-state index contributed by atoms with van der Waals surface area (Å²) in [5, 5.41) is 0.330. The van der Waals surface area contributed by atoms with Crippen LogP contribution in [0.15, 0.2) is 12.1 Å². The van der Waals surface area contributed by atoms with Gasteiger partial charge in [-0.1, -0.05) is 11.6 Å². The molecule has 1 aromatic heterocycles. The van der Waals surface area contributed by atoms with Gasteiger partial charge < -0.3 is 4.74 Å². The Morgan fingerprint density at radius 3 is 3.06 bits per heavy atom. The Kier molecular flexibility index (Phi) is 2.92. The van der Waals surface area contributed by atoms with Gasteiger partial charge in [0.15, 0.2) is 5.78 Å². The first-order valence-electron chi connectivity index (χ1n) is 4.99. The predicted octanol–water partition coefficient (Wildman–Crippen LogP) is 1.65. The van der Waals surface area contributed by atoms with Crippen LogP contribution in [0, 0.1) is 5.92 Å². The van der Waals surface area contributed by atoms with E-state index in [9.17, 15) is 9.59 Å². The number of hydrogen-bond acceptors (Lipinski definition) is 4. The summed E-state index contributed by atoms with van der Waals surface area (Å²) in [5.74, 6) is -1.46. The summed E-state index contributed by atoms with van der Waals surface area (Å²) in [5.41, 5.74) is 1.05. The summed E-state index contributed by atoms with van der Waals surface area (Å²) in [7, 11) is 0. The predicted molar refractivity (Wildman–Crippen MR) is 57.4 cm³/mol. The van der Waals surface area contributed by atoms with E-state index in [0.717, 1.165) is 0 Å². The largest absolute Gasteiger partial charge is 0.465 e. The van der Waals surface area contributed by atoms with E-state index in [1.807, 2.05) is 0 Å². The molecule has 0 aliphatic heterocycles.